The smallest absolute Gasteiger partial charge is 0.132 e. The molecule has 1 aliphatic carbocycles. The minimum Gasteiger partial charge on any atom is -0.343 e. The first-order valence-corrected chi connectivity index (χ1v) is 5.77. The van der Waals surface area contributed by atoms with Gasteiger partial charge in [0.1, 0.15) is 5.49 Å². The first-order chi connectivity index (χ1) is 6.86. The first kappa shape index (κ1) is 8.48. The fraction of sp³-hybridized carbons (Fsp3) is 0.364. The van der Waals surface area contributed by atoms with Gasteiger partial charge in [0.25, 0.3) is 0 Å². The Morgan fingerprint density at radius 1 is 1.29 bits per heavy atom. The molecule has 72 valence electrons. The number of allylic oxidation sites excluding steroid dienone is 1. The van der Waals surface area contributed by atoms with Crippen molar-refractivity contribution >= 4 is 26.5 Å². The highest BCUT2D eigenvalue weighted by Crippen LogP contribution is 2.26. The molecule has 14 heavy (non-hydrogen) atoms. The van der Waals surface area contributed by atoms with Gasteiger partial charge in [0.2, 0.25) is 0 Å². The highest BCUT2D eigenvalue weighted by atomic mass is 79.9. The molecule has 1 aromatic heterocycles. The van der Waals surface area contributed by atoms with Crippen molar-refractivity contribution in [3.63, 3.8) is 0 Å². The Labute approximate surface area is 90.6 Å². The van der Waals surface area contributed by atoms with Gasteiger partial charge in [0.15, 0.2) is 0 Å². The van der Waals surface area contributed by atoms with Crippen LogP contribution in [0.1, 0.15) is 24.1 Å². The number of nitrogens with zero attached hydrogens (tertiary/aromatic N) is 1. The number of aromatic amines is 1. The summed E-state index contributed by atoms with van der Waals surface area (Å²) in [4.78, 5) is 7.91. The zero-order chi connectivity index (χ0) is 9.54. The number of H-pyrrole nitrogens is 1. The number of nitrogens with one attached hydrogen (secondary N) is 1. The Hall–Kier alpha value is -0.830. The summed E-state index contributed by atoms with van der Waals surface area (Å²) < 4.78 is 1.23. The second-order valence-corrected chi connectivity index (χ2v) is 4.56. The Kier molecular flexibility index (Phi) is 1.87. The van der Waals surface area contributed by atoms with Crippen LogP contribution in [0.15, 0.2) is 11.1 Å². The topological polar surface area (TPSA) is 28.1 Å². The largest absolute Gasteiger partial charge is 0.343 e. The van der Waals surface area contributed by atoms with Crippen LogP contribution in [0.5, 0.6) is 0 Å². The first-order valence-electron chi connectivity index (χ1n) is 4.98. The minimum absolute atomic E-state index is 0.924. The van der Waals surface area contributed by atoms with Crippen molar-refractivity contribution in [2.24, 2.45) is 4.99 Å². The number of hydrogen-bond acceptors (Lipinski definition) is 1. The van der Waals surface area contributed by atoms with Crippen LogP contribution >= 0.6 is 15.9 Å². The highest BCUT2D eigenvalue weighted by molar-refractivity contribution is 9.15. The van der Waals surface area contributed by atoms with Crippen LogP contribution in [0, 0.1) is 0 Å². The van der Waals surface area contributed by atoms with Crippen LogP contribution < -0.4 is 10.7 Å². The molecule has 1 N–H and O–H groups in total. The number of aryl methyl sites for hydroxylation is 1. The van der Waals surface area contributed by atoms with Crippen LogP contribution in [-0.4, -0.2) is 11.5 Å². The summed E-state index contributed by atoms with van der Waals surface area (Å²) in [5, 5.41) is 1.30. The van der Waals surface area contributed by atoms with Crippen molar-refractivity contribution in [1.29, 1.82) is 0 Å². The molecule has 0 saturated carbocycles. The number of fused-ring (bicyclic) bond motifs is 3. The predicted octanol–water partition coefficient (Wildman–Crippen LogP) is 1.50. The Bertz CT molecular complexity index is 522. The lowest BCUT2D eigenvalue weighted by atomic mass is 10.0. The molecule has 1 aromatic rings. The highest BCUT2D eigenvalue weighted by Gasteiger charge is 2.16. The van der Waals surface area contributed by atoms with Crippen molar-refractivity contribution in [2.75, 3.05) is 6.54 Å². The summed E-state index contributed by atoms with van der Waals surface area (Å²) in [6.07, 6.45) is 7.84. The average molecular weight is 251 g/mol. The van der Waals surface area contributed by atoms with Gasteiger partial charge in [-0.15, -0.1) is 0 Å². The molecule has 0 spiro atoms. The van der Waals surface area contributed by atoms with E-state index >= 15 is 0 Å². The van der Waals surface area contributed by atoms with Gasteiger partial charge in [-0.05, 0) is 19.3 Å². The lowest BCUT2D eigenvalue weighted by Crippen LogP contribution is -2.28. The monoisotopic (exact) mass is 250 g/mol. The molecule has 2 nitrogen and oxygen atoms in total. The van der Waals surface area contributed by atoms with Crippen molar-refractivity contribution in [1.82, 2.24) is 4.98 Å². The predicted molar refractivity (Wildman–Crippen MR) is 60.7 cm³/mol. The zero-order valence-corrected chi connectivity index (χ0v) is 9.39. The van der Waals surface area contributed by atoms with Gasteiger partial charge in [0.05, 0.1) is 0 Å². The second-order valence-electron chi connectivity index (χ2n) is 3.71. The van der Waals surface area contributed by atoms with Gasteiger partial charge in [-0.25, -0.2) is 0 Å². The molecule has 0 amide bonds. The number of hydrogen-bond donors (Lipinski definition) is 1. The summed E-state index contributed by atoms with van der Waals surface area (Å²) in [7, 11) is 0. The second kappa shape index (κ2) is 3.09. The molecule has 0 aromatic carbocycles. The quantitative estimate of drug-likeness (QED) is 0.723. The number of halogens is 1. The van der Waals surface area contributed by atoms with E-state index in [-0.39, 0.29) is 0 Å². The molecule has 0 atom stereocenters. The Balaban J connectivity index is 2.41. The van der Waals surface area contributed by atoms with Crippen LogP contribution in [0.25, 0.3) is 10.6 Å². The van der Waals surface area contributed by atoms with E-state index in [1.54, 1.807) is 0 Å². The van der Waals surface area contributed by atoms with E-state index in [2.05, 4.69) is 38.1 Å². The molecule has 0 bridgehead atoms. The molecule has 0 saturated heterocycles. The maximum Gasteiger partial charge on any atom is 0.132 e. The van der Waals surface area contributed by atoms with Crippen molar-refractivity contribution in [3.05, 3.63) is 28.0 Å². The standard InChI is InChI=1S/C11H11BrN2/c12-8-4-1-5-9-10(8)7-3-2-6-13-11(7)14-9/h3-4H,1-2,5-6H2,(H,13,14). The van der Waals surface area contributed by atoms with E-state index in [9.17, 15) is 0 Å². The molecule has 0 unspecified atom stereocenters. The minimum atomic E-state index is 0.924. The summed E-state index contributed by atoms with van der Waals surface area (Å²) in [6.45, 7) is 0.924. The molecular weight excluding hydrogens is 240 g/mol. The fourth-order valence-electron chi connectivity index (χ4n) is 2.17. The van der Waals surface area contributed by atoms with Crippen LogP contribution in [0.2, 0.25) is 0 Å². The molecule has 2 aliphatic rings. The third-order valence-electron chi connectivity index (χ3n) is 2.80. The molecular formula is C11H11BrN2. The molecule has 0 radical (unpaired) electrons. The summed E-state index contributed by atoms with van der Waals surface area (Å²) in [6, 6.07) is 0. The fourth-order valence-corrected chi connectivity index (χ4v) is 2.85. The lowest BCUT2D eigenvalue weighted by Gasteiger charge is -2.08. The van der Waals surface area contributed by atoms with Crippen LogP contribution in [-0.2, 0) is 6.42 Å². The van der Waals surface area contributed by atoms with E-state index in [0.29, 0.717) is 0 Å². The summed E-state index contributed by atoms with van der Waals surface area (Å²) in [5.41, 5.74) is 3.76. The average Bonchev–Trinajstić information content (AvgIpc) is 2.57. The van der Waals surface area contributed by atoms with Gasteiger partial charge in [-0.2, -0.15) is 0 Å². The Morgan fingerprint density at radius 2 is 2.21 bits per heavy atom. The third-order valence-corrected chi connectivity index (χ3v) is 3.52. The van der Waals surface area contributed by atoms with Crippen LogP contribution in [0.4, 0.5) is 0 Å². The molecule has 3 rings (SSSR count). The van der Waals surface area contributed by atoms with Crippen molar-refractivity contribution in [3.8, 4) is 0 Å². The van der Waals surface area contributed by atoms with E-state index in [0.717, 1.165) is 31.3 Å². The normalized spacial score (nSPS) is 18.8. The van der Waals surface area contributed by atoms with Gasteiger partial charge in [-0.1, -0.05) is 28.1 Å². The van der Waals surface area contributed by atoms with Gasteiger partial charge in [0, 0.05) is 27.5 Å². The van der Waals surface area contributed by atoms with Gasteiger partial charge in [-0.3, -0.25) is 4.99 Å². The maximum absolute atomic E-state index is 4.50. The Morgan fingerprint density at radius 3 is 3.14 bits per heavy atom. The molecule has 0 fully saturated rings. The number of rotatable bonds is 0. The number of aromatic nitrogens is 1. The maximum atomic E-state index is 4.50. The van der Waals surface area contributed by atoms with E-state index < -0.39 is 0 Å². The summed E-state index contributed by atoms with van der Waals surface area (Å²) >= 11 is 3.62. The molecule has 1 aliphatic heterocycles. The third kappa shape index (κ3) is 1.12. The van der Waals surface area contributed by atoms with Crippen LogP contribution in [0.3, 0.4) is 0 Å². The van der Waals surface area contributed by atoms with E-state index in [4.69, 9.17) is 0 Å². The summed E-state index contributed by atoms with van der Waals surface area (Å²) in [5.74, 6) is 0. The van der Waals surface area contributed by atoms with Crippen molar-refractivity contribution in [2.45, 2.75) is 19.3 Å². The van der Waals surface area contributed by atoms with E-state index in [1.807, 2.05) is 0 Å². The van der Waals surface area contributed by atoms with Gasteiger partial charge < -0.3 is 4.98 Å². The molecule has 2 heterocycles. The van der Waals surface area contributed by atoms with Gasteiger partial charge >= 0.3 is 0 Å². The van der Waals surface area contributed by atoms with Crippen molar-refractivity contribution < 1.29 is 0 Å². The lowest BCUT2D eigenvalue weighted by molar-refractivity contribution is 0.903. The molecule has 3 heteroatoms. The SMILES string of the molecule is BrC1=CCCc2[nH]c3c(c21)=CCCN=3. The zero-order valence-electron chi connectivity index (χ0n) is 7.81. The van der Waals surface area contributed by atoms with E-state index in [1.165, 1.54) is 21.0 Å².